The smallest absolute Gasteiger partial charge is 0.0345 e. The van der Waals surface area contributed by atoms with Gasteiger partial charge in [-0.2, -0.15) is 0 Å². The van der Waals surface area contributed by atoms with Crippen molar-refractivity contribution in [1.82, 2.24) is 5.43 Å². The molecule has 0 aromatic heterocycles. The van der Waals surface area contributed by atoms with Crippen molar-refractivity contribution in [3.8, 4) is 12.3 Å². The van der Waals surface area contributed by atoms with Crippen LogP contribution in [0.3, 0.4) is 0 Å². The molecule has 0 aliphatic rings. The highest BCUT2D eigenvalue weighted by molar-refractivity contribution is 4.90. The topological polar surface area (TPSA) is 38.0 Å². The number of hydrazine groups is 1. The van der Waals surface area contributed by atoms with Crippen LogP contribution in [-0.4, -0.2) is 6.04 Å². The molecule has 0 saturated heterocycles. The van der Waals surface area contributed by atoms with Gasteiger partial charge >= 0.3 is 0 Å². The SMILES string of the molecule is C#CCC(NN)C(C)CCC. The van der Waals surface area contributed by atoms with Crippen molar-refractivity contribution < 1.29 is 0 Å². The Bertz CT molecular complexity index is 126. The Labute approximate surface area is 69.5 Å². The molecule has 64 valence electrons. The number of rotatable bonds is 5. The molecule has 0 aromatic carbocycles. The summed E-state index contributed by atoms with van der Waals surface area (Å²) >= 11 is 0. The van der Waals surface area contributed by atoms with Gasteiger partial charge in [0.15, 0.2) is 0 Å². The molecule has 3 N–H and O–H groups in total. The van der Waals surface area contributed by atoms with Crippen molar-refractivity contribution in [2.24, 2.45) is 11.8 Å². The Balaban J connectivity index is 3.73. The van der Waals surface area contributed by atoms with Gasteiger partial charge in [0, 0.05) is 12.5 Å². The Hall–Kier alpha value is -0.520. The van der Waals surface area contributed by atoms with Crippen LogP contribution in [0, 0.1) is 18.3 Å². The fourth-order valence-corrected chi connectivity index (χ4v) is 1.21. The average molecular weight is 154 g/mol. The van der Waals surface area contributed by atoms with Gasteiger partial charge in [-0.3, -0.25) is 11.3 Å². The molecule has 0 heterocycles. The zero-order chi connectivity index (χ0) is 8.69. The second-order valence-electron chi connectivity index (χ2n) is 2.95. The molecule has 0 rings (SSSR count). The van der Waals surface area contributed by atoms with E-state index < -0.39 is 0 Å². The summed E-state index contributed by atoms with van der Waals surface area (Å²) in [6.07, 6.45) is 8.27. The highest BCUT2D eigenvalue weighted by atomic mass is 15.2. The highest BCUT2D eigenvalue weighted by Crippen LogP contribution is 2.11. The van der Waals surface area contributed by atoms with Crippen LogP contribution >= 0.6 is 0 Å². The molecule has 11 heavy (non-hydrogen) atoms. The van der Waals surface area contributed by atoms with E-state index in [1.807, 2.05) is 0 Å². The summed E-state index contributed by atoms with van der Waals surface area (Å²) < 4.78 is 0. The zero-order valence-corrected chi connectivity index (χ0v) is 7.43. The van der Waals surface area contributed by atoms with E-state index in [0.717, 1.165) is 6.42 Å². The van der Waals surface area contributed by atoms with E-state index in [0.29, 0.717) is 5.92 Å². The van der Waals surface area contributed by atoms with Gasteiger partial charge in [-0.1, -0.05) is 20.3 Å². The molecule has 2 heteroatoms. The Morgan fingerprint density at radius 2 is 2.27 bits per heavy atom. The first-order chi connectivity index (χ1) is 5.26. The summed E-state index contributed by atoms with van der Waals surface area (Å²) in [4.78, 5) is 0. The van der Waals surface area contributed by atoms with E-state index in [-0.39, 0.29) is 6.04 Å². The molecular weight excluding hydrogens is 136 g/mol. The summed E-state index contributed by atoms with van der Waals surface area (Å²) in [6, 6.07) is 0.278. The van der Waals surface area contributed by atoms with Crippen LogP contribution in [0.5, 0.6) is 0 Å². The Morgan fingerprint density at radius 1 is 1.64 bits per heavy atom. The molecule has 0 amide bonds. The van der Waals surface area contributed by atoms with Gasteiger partial charge in [0.05, 0.1) is 0 Å². The molecule has 0 bridgehead atoms. The van der Waals surface area contributed by atoms with Gasteiger partial charge in [0.25, 0.3) is 0 Å². The van der Waals surface area contributed by atoms with Crippen LogP contribution in [0.1, 0.15) is 33.1 Å². The number of nitrogens with one attached hydrogen (secondary N) is 1. The van der Waals surface area contributed by atoms with Crippen LogP contribution in [-0.2, 0) is 0 Å². The monoisotopic (exact) mass is 154 g/mol. The minimum atomic E-state index is 0.278. The normalized spacial score (nSPS) is 15.5. The molecule has 0 saturated carbocycles. The third-order valence-electron chi connectivity index (χ3n) is 1.98. The maximum atomic E-state index is 5.34. The Kier molecular flexibility index (Phi) is 5.91. The maximum Gasteiger partial charge on any atom is 0.0345 e. The minimum absolute atomic E-state index is 0.278. The number of hydrogen-bond donors (Lipinski definition) is 2. The third kappa shape index (κ3) is 4.02. The lowest BCUT2D eigenvalue weighted by Crippen LogP contribution is -2.39. The predicted molar refractivity (Wildman–Crippen MR) is 48.6 cm³/mol. The first-order valence-corrected chi connectivity index (χ1v) is 4.15. The fraction of sp³-hybridized carbons (Fsp3) is 0.778. The van der Waals surface area contributed by atoms with E-state index >= 15 is 0 Å². The first kappa shape index (κ1) is 10.5. The van der Waals surface area contributed by atoms with Gasteiger partial charge in [0.1, 0.15) is 0 Å². The second-order valence-corrected chi connectivity index (χ2v) is 2.95. The van der Waals surface area contributed by atoms with E-state index in [2.05, 4.69) is 25.2 Å². The van der Waals surface area contributed by atoms with Crippen LogP contribution < -0.4 is 11.3 Å². The lowest BCUT2D eigenvalue weighted by Gasteiger charge is -2.20. The highest BCUT2D eigenvalue weighted by Gasteiger charge is 2.12. The van der Waals surface area contributed by atoms with E-state index in [1.54, 1.807) is 0 Å². The van der Waals surface area contributed by atoms with E-state index in [9.17, 15) is 0 Å². The zero-order valence-electron chi connectivity index (χ0n) is 7.43. The summed E-state index contributed by atoms with van der Waals surface area (Å²) in [5.41, 5.74) is 2.75. The van der Waals surface area contributed by atoms with Crippen molar-refractivity contribution in [3.05, 3.63) is 0 Å². The van der Waals surface area contributed by atoms with Gasteiger partial charge in [-0.15, -0.1) is 12.3 Å². The van der Waals surface area contributed by atoms with Crippen LogP contribution in [0.4, 0.5) is 0 Å². The minimum Gasteiger partial charge on any atom is -0.271 e. The largest absolute Gasteiger partial charge is 0.271 e. The molecular formula is C9H18N2. The average Bonchev–Trinajstić information content (AvgIpc) is 2.00. The van der Waals surface area contributed by atoms with Gasteiger partial charge < -0.3 is 0 Å². The molecule has 0 spiro atoms. The van der Waals surface area contributed by atoms with Crippen LogP contribution in [0.25, 0.3) is 0 Å². The van der Waals surface area contributed by atoms with Crippen LogP contribution in [0.15, 0.2) is 0 Å². The van der Waals surface area contributed by atoms with Crippen molar-refractivity contribution in [2.75, 3.05) is 0 Å². The number of terminal acetylenes is 1. The van der Waals surface area contributed by atoms with Crippen LogP contribution in [0.2, 0.25) is 0 Å². The first-order valence-electron chi connectivity index (χ1n) is 4.15. The summed E-state index contributed by atoms with van der Waals surface area (Å²) in [6.45, 7) is 4.34. The number of hydrogen-bond acceptors (Lipinski definition) is 2. The van der Waals surface area contributed by atoms with Crippen molar-refractivity contribution >= 4 is 0 Å². The molecule has 0 aromatic rings. The second kappa shape index (κ2) is 6.21. The quantitative estimate of drug-likeness (QED) is 0.355. The maximum absolute atomic E-state index is 5.34. The summed E-state index contributed by atoms with van der Waals surface area (Å²) in [5.74, 6) is 8.53. The van der Waals surface area contributed by atoms with E-state index in [4.69, 9.17) is 12.3 Å². The molecule has 0 aliphatic carbocycles. The molecule has 2 unspecified atom stereocenters. The fourth-order valence-electron chi connectivity index (χ4n) is 1.21. The molecule has 0 aliphatic heterocycles. The van der Waals surface area contributed by atoms with E-state index in [1.165, 1.54) is 12.8 Å². The summed E-state index contributed by atoms with van der Waals surface area (Å²) in [7, 11) is 0. The van der Waals surface area contributed by atoms with Gasteiger partial charge in [0.2, 0.25) is 0 Å². The van der Waals surface area contributed by atoms with Gasteiger partial charge in [-0.05, 0) is 12.3 Å². The molecule has 2 nitrogen and oxygen atoms in total. The lowest BCUT2D eigenvalue weighted by molar-refractivity contribution is 0.364. The standard InChI is InChI=1S/C9H18N2/c1-4-6-8(3)9(11-10)7-5-2/h2,8-9,11H,4,6-7,10H2,1,3H3. The predicted octanol–water partition coefficient (Wildman–Crippen LogP) is 1.28. The Morgan fingerprint density at radius 3 is 2.64 bits per heavy atom. The van der Waals surface area contributed by atoms with Gasteiger partial charge in [-0.25, -0.2) is 0 Å². The third-order valence-corrected chi connectivity index (χ3v) is 1.98. The lowest BCUT2D eigenvalue weighted by atomic mass is 9.95. The van der Waals surface area contributed by atoms with Crippen molar-refractivity contribution in [3.63, 3.8) is 0 Å². The summed E-state index contributed by atoms with van der Waals surface area (Å²) in [5, 5.41) is 0. The van der Waals surface area contributed by atoms with Crippen molar-refractivity contribution in [2.45, 2.75) is 39.2 Å². The molecule has 0 fully saturated rings. The molecule has 2 atom stereocenters. The number of nitrogens with two attached hydrogens (primary N) is 1. The molecule has 0 radical (unpaired) electrons. The van der Waals surface area contributed by atoms with Crippen molar-refractivity contribution in [1.29, 1.82) is 0 Å².